The lowest BCUT2D eigenvalue weighted by atomic mass is 10.0. The summed E-state index contributed by atoms with van der Waals surface area (Å²) in [5.41, 5.74) is 1.07. The molecule has 1 aromatic rings. The lowest BCUT2D eigenvalue weighted by molar-refractivity contribution is -0.150. The van der Waals surface area contributed by atoms with Gasteiger partial charge in [-0.1, -0.05) is 30.3 Å². The summed E-state index contributed by atoms with van der Waals surface area (Å²) in [5, 5.41) is 0. The molecule has 3 rings (SSSR count). The van der Waals surface area contributed by atoms with E-state index < -0.39 is 0 Å². The molecular formula is C14H16O2. The standard InChI is InChI=1S/C14H16O2/c15-14(13-7-11-6-12(11)8-13)16-9-10-4-2-1-3-5-10/h1-5,11-13H,6-9H2. The van der Waals surface area contributed by atoms with Gasteiger partial charge in [0.15, 0.2) is 0 Å². The van der Waals surface area contributed by atoms with Gasteiger partial charge in [0.25, 0.3) is 0 Å². The molecule has 1 aromatic carbocycles. The molecule has 0 amide bonds. The predicted molar refractivity (Wildman–Crippen MR) is 60.6 cm³/mol. The molecule has 0 radical (unpaired) electrons. The molecule has 0 N–H and O–H groups in total. The van der Waals surface area contributed by atoms with Crippen LogP contribution in [0.15, 0.2) is 30.3 Å². The zero-order chi connectivity index (χ0) is 11.0. The monoisotopic (exact) mass is 216 g/mol. The maximum Gasteiger partial charge on any atom is 0.309 e. The van der Waals surface area contributed by atoms with Crippen molar-refractivity contribution in [1.29, 1.82) is 0 Å². The topological polar surface area (TPSA) is 26.3 Å². The van der Waals surface area contributed by atoms with Gasteiger partial charge in [-0.05, 0) is 36.7 Å². The molecule has 16 heavy (non-hydrogen) atoms. The highest BCUT2D eigenvalue weighted by Crippen LogP contribution is 2.54. The zero-order valence-electron chi connectivity index (χ0n) is 9.26. The van der Waals surface area contributed by atoms with Crippen molar-refractivity contribution in [2.45, 2.75) is 25.9 Å². The first-order valence-corrected chi connectivity index (χ1v) is 6.03. The molecule has 0 aliphatic heterocycles. The van der Waals surface area contributed by atoms with Crippen LogP contribution >= 0.6 is 0 Å². The summed E-state index contributed by atoms with van der Waals surface area (Å²) in [5.74, 6) is 1.88. The maximum atomic E-state index is 11.8. The minimum atomic E-state index is 0.0102. The van der Waals surface area contributed by atoms with Crippen LogP contribution in [0.5, 0.6) is 0 Å². The first-order valence-electron chi connectivity index (χ1n) is 6.03. The number of carbonyl (C=O) groups excluding carboxylic acids is 1. The number of hydrogen-bond acceptors (Lipinski definition) is 2. The summed E-state index contributed by atoms with van der Waals surface area (Å²) in [6.45, 7) is 0.422. The molecule has 0 heterocycles. The van der Waals surface area contributed by atoms with Crippen LogP contribution in [0.25, 0.3) is 0 Å². The maximum absolute atomic E-state index is 11.8. The van der Waals surface area contributed by atoms with Gasteiger partial charge >= 0.3 is 5.97 Å². The highest BCUT2D eigenvalue weighted by Gasteiger charge is 2.48. The second kappa shape index (κ2) is 3.93. The Morgan fingerprint density at radius 1 is 1.12 bits per heavy atom. The van der Waals surface area contributed by atoms with E-state index in [-0.39, 0.29) is 11.9 Å². The number of fused-ring (bicyclic) bond motifs is 1. The van der Waals surface area contributed by atoms with Crippen LogP contribution in [0.2, 0.25) is 0 Å². The minimum Gasteiger partial charge on any atom is -0.461 e. The molecule has 2 aliphatic rings. The van der Waals surface area contributed by atoms with Gasteiger partial charge in [-0.15, -0.1) is 0 Å². The largest absolute Gasteiger partial charge is 0.461 e. The molecule has 0 saturated heterocycles. The summed E-state index contributed by atoms with van der Waals surface area (Å²) >= 11 is 0. The van der Waals surface area contributed by atoms with Gasteiger partial charge in [0.2, 0.25) is 0 Å². The number of rotatable bonds is 3. The average molecular weight is 216 g/mol. The van der Waals surface area contributed by atoms with Crippen LogP contribution in [0.1, 0.15) is 24.8 Å². The van der Waals surface area contributed by atoms with Crippen molar-refractivity contribution in [1.82, 2.24) is 0 Å². The van der Waals surface area contributed by atoms with Gasteiger partial charge in [0.1, 0.15) is 6.61 Å². The third-order valence-electron chi connectivity index (χ3n) is 3.80. The molecule has 2 fully saturated rings. The van der Waals surface area contributed by atoms with E-state index in [1.807, 2.05) is 30.3 Å². The van der Waals surface area contributed by atoms with E-state index in [9.17, 15) is 4.79 Å². The van der Waals surface area contributed by atoms with Crippen LogP contribution in [0.3, 0.4) is 0 Å². The fourth-order valence-electron chi connectivity index (χ4n) is 2.75. The zero-order valence-corrected chi connectivity index (χ0v) is 9.26. The number of carbonyl (C=O) groups is 1. The fraction of sp³-hybridized carbons (Fsp3) is 0.500. The molecule has 2 atom stereocenters. The van der Waals surface area contributed by atoms with Crippen LogP contribution in [0, 0.1) is 17.8 Å². The van der Waals surface area contributed by atoms with Crippen molar-refractivity contribution in [3.63, 3.8) is 0 Å². The molecule has 2 saturated carbocycles. The molecule has 84 valence electrons. The van der Waals surface area contributed by atoms with E-state index in [0.29, 0.717) is 6.61 Å². The Morgan fingerprint density at radius 3 is 2.50 bits per heavy atom. The first kappa shape index (κ1) is 9.88. The van der Waals surface area contributed by atoms with E-state index in [4.69, 9.17) is 4.74 Å². The molecule has 0 bridgehead atoms. The third-order valence-corrected chi connectivity index (χ3v) is 3.80. The molecule has 2 nitrogen and oxygen atoms in total. The molecule has 0 spiro atoms. The normalized spacial score (nSPS) is 30.9. The van der Waals surface area contributed by atoms with Crippen LogP contribution < -0.4 is 0 Å². The number of benzene rings is 1. The molecule has 2 unspecified atom stereocenters. The second-order valence-corrected chi connectivity index (χ2v) is 5.02. The van der Waals surface area contributed by atoms with Crippen molar-refractivity contribution in [2.24, 2.45) is 17.8 Å². The van der Waals surface area contributed by atoms with Crippen molar-refractivity contribution >= 4 is 5.97 Å². The van der Waals surface area contributed by atoms with Gasteiger partial charge < -0.3 is 4.74 Å². The van der Waals surface area contributed by atoms with E-state index in [1.165, 1.54) is 6.42 Å². The van der Waals surface area contributed by atoms with Gasteiger partial charge in [0.05, 0.1) is 5.92 Å². The van der Waals surface area contributed by atoms with Gasteiger partial charge in [-0.2, -0.15) is 0 Å². The van der Waals surface area contributed by atoms with E-state index >= 15 is 0 Å². The summed E-state index contributed by atoms with van der Waals surface area (Å²) in [4.78, 5) is 11.8. The van der Waals surface area contributed by atoms with Gasteiger partial charge in [-0.25, -0.2) is 0 Å². The fourth-order valence-corrected chi connectivity index (χ4v) is 2.75. The summed E-state index contributed by atoms with van der Waals surface area (Å²) in [7, 11) is 0. The molecule has 2 aliphatic carbocycles. The Hall–Kier alpha value is -1.31. The third kappa shape index (κ3) is 1.97. The highest BCUT2D eigenvalue weighted by molar-refractivity contribution is 5.73. The molecule has 0 aromatic heterocycles. The minimum absolute atomic E-state index is 0.0102. The summed E-state index contributed by atoms with van der Waals surface area (Å²) < 4.78 is 5.34. The summed E-state index contributed by atoms with van der Waals surface area (Å²) in [6, 6.07) is 9.87. The van der Waals surface area contributed by atoms with Crippen molar-refractivity contribution < 1.29 is 9.53 Å². The van der Waals surface area contributed by atoms with Gasteiger partial charge in [-0.3, -0.25) is 4.79 Å². The van der Waals surface area contributed by atoms with Gasteiger partial charge in [0, 0.05) is 0 Å². The van der Waals surface area contributed by atoms with E-state index in [0.717, 1.165) is 30.2 Å². The average Bonchev–Trinajstić information content (AvgIpc) is 2.94. The Bertz CT molecular complexity index is 375. The van der Waals surface area contributed by atoms with Crippen molar-refractivity contribution in [3.05, 3.63) is 35.9 Å². The lowest BCUT2D eigenvalue weighted by Gasteiger charge is -2.11. The van der Waals surface area contributed by atoms with Crippen LogP contribution in [0.4, 0.5) is 0 Å². The number of ether oxygens (including phenoxy) is 1. The van der Waals surface area contributed by atoms with Crippen molar-refractivity contribution in [2.75, 3.05) is 0 Å². The van der Waals surface area contributed by atoms with Crippen molar-refractivity contribution in [3.8, 4) is 0 Å². The second-order valence-electron chi connectivity index (χ2n) is 5.02. The predicted octanol–water partition coefficient (Wildman–Crippen LogP) is 2.78. The van der Waals surface area contributed by atoms with E-state index in [2.05, 4.69) is 0 Å². The summed E-state index contributed by atoms with van der Waals surface area (Å²) in [6.07, 6.45) is 3.49. The number of hydrogen-bond donors (Lipinski definition) is 0. The smallest absolute Gasteiger partial charge is 0.309 e. The number of esters is 1. The Morgan fingerprint density at radius 2 is 1.81 bits per heavy atom. The molecular weight excluding hydrogens is 200 g/mol. The quantitative estimate of drug-likeness (QED) is 0.726. The Labute approximate surface area is 95.6 Å². The SMILES string of the molecule is O=C(OCc1ccccc1)C1CC2CC2C1. The highest BCUT2D eigenvalue weighted by atomic mass is 16.5. The van der Waals surface area contributed by atoms with E-state index in [1.54, 1.807) is 0 Å². The first-order chi connectivity index (χ1) is 7.83. The molecule has 2 heteroatoms. The van der Waals surface area contributed by atoms with Crippen LogP contribution in [-0.2, 0) is 16.1 Å². The van der Waals surface area contributed by atoms with Crippen LogP contribution in [-0.4, -0.2) is 5.97 Å². The Kier molecular flexibility index (Phi) is 2.43. The lowest BCUT2D eigenvalue weighted by Crippen LogP contribution is -2.16. The Balaban J connectivity index is 1.50.